The Balaban J connectivity index is 1.64. The molecular weight excluding hydrogens is 534 g/mol. The van der Waals surface area contributed by atoms with Gasteiger partial charge in [-0.1, -0.05) is 79.4 Å². The Labute approximate surface area is 235 Å². The molecule has 1 saturated carbocycles. The SMILES string of the molecule is C[C@H](C(=O)NC1CCCCC1)N(Cc1ccccc1)C(=O)CN(c1ccccc1)S(=O)(=O)c1ccc(Cl)cc1. The summed E-state index contributed by atoms with van der Waals surface area (Å²) < 4.78 is 28.6. The topological polar surface area (TPSA) is 86.8 Å². The molecule has 0 saturated heterocycles. The first-order valence-electron chi connectivity index (χ1n) is 13.2. The Morgan fingerprint density at radius 1 is 0.897 bits per heavy atom. The summed E-state index contributed by atoms with van der Waals surface area (Å²) in [6.07, 6.45) is 5.15. The highest BCUT2D eigenvalue weighted by Crippen LogP contribution is 2.25. The van der Waals surface area contributed by atoms with Crippen molar-refractivity contribution in [2.45, 2.75) is 62.6 Å². The molecule has 3 aromatic carbocycles. The van der Waals surface area contributed by atoms with E-state index in [1.165, 1.54) is 29.2 Å². The second kappa shape index (κ2) is 13.1. The van der Waals surface area contributed by atoms with Crippen molar-refractivity contribution in [1.82, 2.24) is 10.2 Å². The minimum Gasteiger partial charge on any atom is -0.352 e. The monoisotopic (exact) mass is 567 g/mol. The van der Waals surface area contributed by atoms with Gasteiger partial charge in [-0.2, -0.15) is 0 Å². The lowest BCUT2D eigenvalue weighted by Gasteiger charge is -2.33. The van der Waals surface area contributed by atoms with Gasteiger partial charge in [0, 0.05) is 17.6 Å². The molecular formula is C30H34ClN3O4S. The van der Waals surface area contributed by atoms with Crippen molar-refractivity contribution < 1.29 is 18.0 Å². The average Bonchev–Trinajstić information content (AvgIpc) is 2.96. The van der Waals surface area contributed by atoms with E-state index < -0.39 is 28.5 Å². The first-order valence-corrected chi connectivity index (χ1v) is 15.0. The van der Waals surface area contributed by atoms with Crippen LogP contribution in [0, 0.1) is 0 Å². The van der Waals surface area contributed by atoms with Crippen LogP contribution in [0.4, 0.5) is 5.69 Å². The van der Waals surface area contributed by atoms with E-state index >= 15 is 0 Å². The molecule has 4 rings (SSSR count). The van der Waals surface area contributed by atoms with E-state index in [0.717, 1.165) is 42.0 Å². The maximum Gasteiger partial charge on any atom is 0.264 e. The molecule has 39 heavy (non-hydrogen) atoms. The third-order valence-corrected chi connectivity index (χ3v) is 9.08. The maximum absolute atomic E-state index is 13.9. The summed E-state index contributed by atoms with van der Waals surface area (Å²) in [7, 11) is -4.11. The lowest BCUT2D eigenvalue weighted by atomic mass is 9.95. The molecule has 1 fully saturated rings. The number of hydrogen-bond donors (Lipinski definition) is 1. The highest BCUT2D eigenvalue weighted by Gasteiger charge is 2.33. The smallest absolute Gasteiger partial charge is 0.264 e. The standard InChI is InChI=1S/C30H34ClN3O4S/c1-23(30(36)32-26-13-7-3-8-14-26)33(21-24-11-5-2-6-12-24)29(35)22-34(27-15-9-4-10-16-27)39(37,38)28-19-17-25(31)18-20-28/h2,4-6,9-12,15-20,23,26H,3,7-8,13-14,21-22H2,1H3,(H,32,36)/t23-/m1/s1. The molecule has 0 heterocycles. The van der Waals surface area contributed by atoms with Crippen LogP contribution < -0.4 is 9.62 Å². The van der Waals surface area contributed by atoms with Crippen LogP contribution in [0.2, 0.25) is 5.02 Å². The molecule has 1 aliphatic rings. The molecule has 2 amide bonds. The highest BCUT2D eigenvalue weighted by atomic mass is 35.5. The van der Waals surface area contributed by atoms with Crippen LogP contribution in [0.25, 0.3) is 0 Å². The summed E-state index contributed by atoms with van der Waals surface area (Å²) in [4.78, 5) is 28.7. The Hall–Kier alpha value is -3.36. The first-order chi connectivity index (χ1) is 18.8. The summed E-state index contributed by atoms with van der Waals surface area (Å²) in [5.74, 6) is -0.718. The molecule has 1 atom stereocenters. The third kappa shape index (κ3) is 7.40. The van der Waals surface area contributed by atoms with Crippen LogP contribution in [0.1, 0.15) is 44.6 Å². The van der Waals surface area contributed by atoms with Gasteiger partial charge >= 0.3 is 0 Å². The Morgan fingerprint density at radius 3 is 2.10 bits per heavy atom. The number of para-hydroxylation sites is 1. The number of halogens is 1. The van der Waals surface area contributed by atoms with Gasteiger partial charge in [-0.3, -0.25) is 13.9 Å². The predicted octanol–water partition coefficient (Wildman–Crippen LogP) is 5.40. The molecule has 7 nitrogen and oxygen atoms in total. The summed E-state index contributed by atoms with van der Waals surface area (Å²) in [6.45, 7) is 1.39. The predicted molar refractivity (Wildman–Crippen MR) is 154 cm³/mol. The highest BCUT2D eigenvalue weighted by molar-refractivity contribution is 7.92. The van der Waals surface area contributed by atoms with Crippen LogP contribution >= 0.6 is 11.6 Å². The number of sulfonamides is 1. The normalized spacial score (nSPS) is 14.8. The van der Waals surface area contributed by atoms with Crippen molar-refractivity contribution in [3.05, 3.63) is 95.5 Å². The van der Waals surface area contributed by atoms with E-state index in [2.05, 4.69) is 5.32 Å². The van der Waals surface area contributed by atoms with E-state index in [-0.39, 0.29) is 23.4 Å². The molecule has 1 N–H and O–H groups in total. The minimum absolute atomic E-state index is 0.0150. The number of anilines is 1. The number of nitrogens with zero attached hydrogens (tertiary/aromatic N) is 2. The van der Waals surface area contributed by atoms with Gasteiger partial charge in [0.25, 0.3) is 10.0 Å². The average molecular weight is 568 g/mol. The number of carbonyl (C=O) groups is 2. The zero-order valence-electron chi connectivity index (χ0n) is 22.0. The number of benzene rings is 3. The van der Waals surface area contributed by atoms with Crippen LogP contribution in [0.3, 0.4) is 0 Å². The van der Waals surface area contributed by atoms with Crippen molar-refractivity contribution in [1.29, 1.82) is 0 Å². The Kier molecular flexibility index (Phi) is 9.64. The van der Waals surface area contributed by atoms with Crippen molar-refractivity contribution in [2.75, 3.05) is 10.8 Å². The number of nitrogens with one attached hydrogen (secondary N) is 1. The van der Waals surface area contributed by atoms with Crippen LogP contribution in [-0.4, -0.2) is 43.8 Å². The molecule has 0 bridgehead atoms. The molecule has 3 aromatic rings. The summed E-state index contributed by atoms with van der Waals surface area (Å²) in [6, 6.07) is 23.0. The van der Waals surface area contributed by atoms with E-state index in [1.807, 2.05) is 30.3 Å². The molecule has 0 unspecified atom stereocenters. The number of carbonyl (C=O) groups excluding carboxylic acids is 2. The molecule has 1 aliphatic carbocycles. The summed E-state index contributed by atoms with van der Waals surface area (Å²) in [5.41, 5.74) is 1.19. The minimum atomic E-state index is -4.11. The summed E-state index contributed by atoms with van der Waals surface area (Å²) in [5, 5.41) is 3.51. The number of rotatable bonds is 10. The van der Waals surface area contributed by atoms with Gasteiger partial charge in [-0.15, -0.1) is 0 Å². The molecule has 0 radical (unpaired) electrons. The summed E-state index contributed by atoms with van der Waals surface area (Å²) >= 11 is 5.99. The van der Waals surface area contributed by atoms with Gasteiger partial charge in [0.05, 0.1) is 10.6 Å². The molecule has 0 aliphatic heterocycles. The van der Waals surface area contributed by atoms with Gasteiger partial charge < -0.3 is 10.2 Å². The lowest BCUT2D eigenvalue weighted by molar-refractivity contribution is -0.139. The fourth-order valence-corrected chi connectivity index (χ4v) is 6.33. The molecule has 0 aromatic heterocycles. The van der Waals surface area contributed by atoms with Gasteiger partial charge in [0.1, 0.15) is 12.6 Å². The van der Waals surface area contributed by atoms with E-state index in [9.17, 15) is 18.0 Å². The molecule has 9 heteroatoms. The van der Waals surface area contributed by atoms with Crippen molar-refractivity contribution in [3.8, 4) is 0 Å². The quantitative estimate of drug-likeness (QED) is 0.355. The van der Waals surface area contributed by atoms with Crippen molar-refractivity contribution in [2.24, 2.45) is 0 Å². The Bertz CT molecular complexity index is 1350. The van der Waals surface area contributed by atoms with Gasteiger partial charge in [0.2, 0.25) is 11.8 Å². The van der Waals surface area contributed by atoms with Crippen molar-refractivity contribution in [3.63, 3.8) is 0 Å². The molecule has 206 valence electrons. The fourth-order valence-electron chi connectivity index (χ4n) is 4.79. The largest absolute Gasteiger partial charge is 0.352 e. The number of amides is 2. The second-order valence-corrected chi connectivity index (χ2v) is 12.1. The van der Waals surface area contributed by atoms with E-state index in [4.69, 9.17) is 11.6 Å². The fraction of sp³-hybridized carbons (Fsp3) is 0.333. The lowest BCUT2D eigenvalue weighted by Crippen LogP contribution is -2.53. The first kappa shape index (κ1) is 28.6. The van der Waals surface area contributed by atoms with Crippen molar-refractivity contribution >= 4 is 39.1 Å². The third-order valence-electron chi connectivity index (χ3n) is 7.04. The second-order valence-electron chi connectivity index (χ2n) is 9.83. The Morgan fingerprint density at radius 2 is 1.49 bits per heavy atom. The molecule has 0 spiro atoms. The van der Waals surface area contributed by atoms with Gasteiger partial charge in [-0.25, -0.2) is 8.42 Å². The zero-order valence-corrected chi connectivity index (χ0v) is 23.6. The zero-order chi connectivity index (χ0) is 27.8. The number of hydrogen-bond acceptors (Lipinski definition) is 4. The van der Waals surface area contributed by atoms with Crippen LogP contribution in [-0.2, 0) is 26.2 Å². The van der Waals surface area contributed by atoms with E-state index in [1.54, 1.807) is 37.3 Å². The maximum atomic E-state index is 13.9. The van der Waals surface area contributed by atoms with Crippen LogP contribution in [0.15, 0.2) is 89.8 Å². The van der Waals surface area contributed by atoms with Gasteiger partial charge in [0.15, 0.2) is 0 Å². The van der Waals surface area contributed by atoms with E-state index in [0.29, 0.717) is 10.7 Å². The van der Waals surface area contributed by atoms with Crippen LogP contribution in [0.5, 0.6) is 0 Å². The van der Waals surface area contributed by atoms with Gasteiger partial charge in [-0.05, 0) is 61.7 Å².